The number of unbranched alkanes of at least 4 members (excludes halogenated alkanes) is 1. The Hall–Kier alpha value is -3.94. The van der Waals surface area contributed by atoms with Crippen molar-refractivity contribution in [1.29, 1.82) is 0 Å². The standard InChI is InChI=1S/C40H45F4IN4O7/c41-30-23-29(53-24-34-38(50)39(51)35(25-54-34)56-37-5-3-4-36(47-37)40(42,43)44)11-12-32(30)49-19-17-48(18-20-49)16-1-2-21-52-27-7-9-28(10-8-27)55-33-13-6-26(14-15-46)22-31(33)45/h3-13,22-23,34-35,38-39,50-51H,1-2,14-21,24-25,46H2/t34-,35+,38+,39-/m1/s1. The lowest BCUT2D eigenvalue weighted by Crippen LogP contribution is -2.56. The lowest BCUT2D eigenvalue weighted by Gasteiger charge is -2.37. The topological polar surface area (TPSA) is 132 Å². The molecule has 0 aliphatic carbocycles. The van der Waals surface area contributed by atoms with E-state index in [0.29, 0.717) is 31.9 Å². The van der Waals surface area contributed by atoms with Crippen molar-refractivity contribution in [3.8, 4) is 28.9 Å². The van der Waals surface area contributed by atoms with Crippen molar-refractivity contribution in [3.05, 3.63) is 99.5 Å². The molecule has 0 bridgehead atoms. The highest BCUT2D eigenvalue weighted by Gasteiger charge is 2.41. The van der Waals surface area contributed by atoms with Crippen LogP contribution in [0.1, 0.15) is 24.1 Å². The van der Waals surface area contributed by atoms with Crippen LogP contribution in [0.15, 0.2) is 78.9 Å². The van der Waals surface area contributed by atoms with E-state index in [-0.39, 0.29) is 24.8 Å². The Balaban J connectivity index is 0.867. The van der Waals surface area contributed by atoms with Crippen molar-refractivity contribution in [2.75, 3.05) is 64.0 Å². The van der Waals surface area contributed by atoms with Gasteiger partial charge in [-0.25, -0.2) is 9.37 Å². The van der Waals surface area contributed by atoms with Crippen molar-refractivity contribution in [3.63, 3.8) is 0 Å². The molecule has 4 atom stereocenters. The minimum absolute atomic E-state index is 0.206. The van der Waals surface area contributed by atoms with Crippen molar-refractivity contribution in [1.82, 2.24) is 9.88 Å². The van der Waals surface area contributed by atoms with Crippen molar-refractivity contribution >= 4 is 28.3 Å². The first kappa shape index (κ1) is 41.7. The Kier molecular flexibility index (Phi) is 14.5. The molecule has 16 heteroatoms. The molecule has 3 heterocycles. The SMILES string of the molecule is NCCc1ccc(Oc2ccc(OCCCCN3CCN(c4ccc(OC[C@H]5OC[C@H](Oc6cccc(C(F)(F)F)n6)[C@@H](O)[C@H]5O)cc4F)CC3)cc2)c(I)c1. The summed E-state index contributed by atoms with van der Waals surface area (Å²) >= 11 is 2.27. The van der Waals surface area contributed by atoms with Gasteiger partial charge in [-0.15, -0.1) is 0 Å². The monoisotopic (exact) mass is 896 g/mol. The molecule has 0 radical (unpaired) electrons. The number of anilines is 1. The van der Waals surface area contributed by atoms with Gasteiger partial charge in [0, 0.05) is 38.3 Å². The first-order valence-electron chi connectivity index (χ1n) is 18.4. The van der Waals surface area contributed by atoms with Crippen LogP contribution >= 0.6 is 22.6 Å². The van der Waals surface area contributed by atoms with Crippen molar-refractivity contribution < 1.29 is 51.5 Å². The van der Waals surface area contributed by atoms with Gasteiger partial charge in [0.2, 0.25) is 5.88 Å². The predicted molar refractivity (Wildman–Crippen MR) is 209 cm³/mol. The maximum Gasteiger partial charge on any atom is 0.433 e. The van der Waals surface area contributed by atoms with Gasteiger partial charge in [-0.05, 0) is 115 Å². The van der Waals surface area contributed by atoms with Gasteiger partial charge in [0.25, 0.3) is 0 Å². The molecular formula is C40H45F4IN4O7. The second-order valence-electron chi connectivity index (χ2n) is 13.6. The number of pyridine rings is 1. The molecule has 0 spiro atoms. The Morgan fingerprint density at radius 2 is 1.62 bits per heavy atom. The number of ether oxygens (including phenoxy) is 5. The lowest BCUT2D eigenvalue weighted by atomic mass is 10.0. The van der Waals surface area contributed by atoms with Gasteiger partial charge in [0.1, 0.15) is 59.4 Å². The predicted octanol–water partition coefficient (Wildman–Crippen LogP) is 6.07. The first-order valence-corrected chi connectivity index (χ1v) is 19.5. The zero-order valence-corrected chi connectivity index (χ0v) is 32.7. The Labute approximate surface area is 336 Å². The number of piperazine rings is 1. The number of rotatable bonds is 16. The van der Waals surface area contributed by atoms with E-state index < -0.39 is 42.1 Å². The molecule has 3 aromatic carbocycles. The average Bonchev–Trinajstić information content (AvgIpc) is 3.18. The molecule has 0 saturated carbocycles. The average molecular weight is 897 g/mol. The van der Waals surface area contributed by atoms with Crippen LogP contribution in [-0.4, -0.2) is 104 Å². The number of benzene rings is 3. The van der Waals surface area contributed by atoms with Gasteiger partial charge in [-0.3, -0.25) is 4.90 Å². The minimum atomic E-state index is -4.67. The fourth-order valence-electron chi connectivity index (χ4n) is 6.43. The van der Waals surface area contributed by atoms with Crippen LogP contribution in [0.3, 0.4) is 0 Å². The van der Waals surface area contributed by atoms with Gasteiger partial charge in [-0.1, -0.05) is 12.1 Å². The molecule has 302 valence electrons. The summed E-state index contributed by atoms with van der Waals surface area (Å²) in [7, 11) is 0. The van der Waals surface area contributed by atoms with E-state index in [2.05, 4.69) is 38.5 Å². The minimum Gasteiger partial charge on any atom is -0.494 e. The van der Waals surface area contributed by atoms with E-state index >= 15 is 4.39 Å². The van der Waals surface area contributed by atoms with Crippen LogP contribution in [0.2, 0.25) is 0 Å². The number of aliphatic hydroxyl groups excluding tert-OH is 2. The van der Waals surface area contributed by atoms with Crippen LogP contribution in [-0.2, 0) is 17.3 Å². The molecular weight excluding hydrogens is 851 g/mol. The number of nitrogens with two attached hydrogens (primary N) is 1. The molecule has 1 aromatic heterocycles. The van der Waals surface area contributed by atoms with Gasteiger partial charge in [0.15, 0.2) is 6.10 Å². The van der Waals surface area contributed by atoms with Crippen LogP contribution in [0, 0.1) is 9.39 Å². The summed E-state index contributed by atoms with van der Waals surface area (Å²) in [5, 5.41) is 21.2. The van der Waals surface area contributed by atoms with Crippen molar-refractivity contribution in [2.24, 2.45) is 5.73 Å². The molecule has 56 heavy (non-hydrogen) atoms. The molecule has 0 unspecified atom stereocenters. The molecule has 4 N–H and O–H groups in total. The molecule has 2 aliphatic heterocycles. The quantitative estimate of drug-likeness (QED) is 0.0689. The van der Waals surface area contributed by atoms with E-state index in [1.54, 1.807) is 12.1 Å². The van der Waals surface area contributed by atoms with Gasteiger partial charge in [0.05, 0.1) is 22.5 Å². The summed E-state index contributed by atoms with van der Waals surface area (Å²) < 4.78 is 83.9. The lowest BCUT2D eigenvalue weighted by molar-refractivity contribution is -0.187. The molecule has 11 nitrogen and oxygen atoms in total. The second kappa shape index (κ2) is 19.5. The van der Waals surface area contributed by atoms with Crippen LogP contribution in [0.25, 0.3) is 0 Å². The first-order chi connectivity index (χ1) is 27.0. The maximum atomic E-state index is 15.2. The third-order valence-electron chi connectivity index (χ3n) is 9.54. The highest BCUT2D eigenvalue weighted by Crippen LogP contribution is 2.31. The van der Waals surface area contributed by atoms with Crippen LogP contribution in [0.4, 0.5) is 23.2 Å². The fourth-order valence-corrected chi connectivity index (χ4v) is 7.12. The summed E-state index contributed by atoms with van der Waals surface area (Å²) in [4.78, 5) is 7.77. The van der Waals surface area contributed by atoms with E-state index in [1.807, 2.05) is 41.3 Å². The third kappa shape index (κ3) is 11.3. The van der Waals surface area contributed by atoms with Crippen molar-refractivity contribution in [2.45, 2.75) is 49.9 Å². The normalized spacial score (nSPS) is 20.5. The molecule has 6 rings (SSSR count). The summed E-state index contributed by atoms with van der Waals surface area (Å²) in [6, 6.07) is 21.4. The van der Waals surface area contributed by atoms with Gasteiger partial charge < -0.3 is 44.5 Å². The summed E-state index contributed by atoms with van der Waals surface area (Å²) in [6.45, 7) is 4.60. The number of aliphatic hydroxyl groups is 2. The summed E-state index contributed by atoms with van der Waals surface area (Å²) in [6.07, 6.45) is -7.10. The highest BCUT2D eigenvalue weighted by molar-refractivity contribution is 14.1. The van der Waals surface area contributed by atoms with E-state index in [0.717, 1.165) is 71.8 Å². The maximum absolute atomic E-state index is 15.2. The number of hydrogen-bond donors (Lipinski definition) is 3. The smallest absolute Gasteiger partial charge is 0.433 e. The molecule has 2 saturated heterocycles. The van der Waals surface area contributed by atoms with E-state index in [4.69, 9.17) is 29.4 Å². The Bertz CT molecular complexity index is 1870. The molecule has 2 fully saturated rings. The number of nitrogens with zero attached hydrogens (tertiary/aromatic N) is 3. The number of halogens is 5. The second-order valence-corrected chi connectivity index (χ2v) is 14.7. The Morgan fingerprint density at radius 3 is 2.34 bits per heavy atom. The summed E-state index contributed by atoms with van der Waals surface area (Å²) in [5.41, 5.74) is 6.16. The molecule has 4 aromatic rings. The van der Waals surface area contributed by atoms with Crippen LogP contribution < -0.4 is 29.6 Å². The molecule has 2 aliphatic rings. The zero-order valence-electron chi connectivity index (χ0n) is 30.5. The third-order valence-corrected chi connectivity index (χ3v) is 10.4. The van der Waals surface area contributed by atoms with E-state index in [1.165, 1.54) is 17.7 Å². The highest BCUT2D eigenvalue weighted by atomic mass is 127. The van der Waals surface area contributed by atoms with E-state index in [9.17, 15) is 23.4 Å². The molecule has 0 amide bonds. The van der Waals surface area contributed by atoms with Crippen LogP contribution in [0.5, 0.6) is 28.9 Å². The summed E-state index contributed by atoms with van der Waals surface area (Å²) in [5.74, 6) is 1.72. The number of hydrogen-bond acceptors (Lipinski definition) is 11. The number of aromatic nitrogens is 1. The largest absolute Gasteiger partial charge is 0.494 e. The Morgan fingerprint density at radius 1 is 0.875 bits per heavy atom. The van der Waals surface area contributed by atoms with Gasteiger partial charge >= 0.3 is 6.18 Å². The fraction of sp³-hybridized carbons (Fsp3) is 0.425. The zero-order chi connectivity index (χ0) is 39.7. The number of alkyl halides is 3. The van der Waals surface area contributed by atoms with Gasteiger partial charge in [-0.2, -0.15) is 13.2 Å².